The van der Waals surface area contributed by atoms with Gasteiger partial charge in [0.1, 0.15) is 0 Å². The molecule has 0 saturated heterocycles. The number of hydrogen-bond acceptors (Lipinski definition) is 4. The van der Waals surface area contributed by atoms with E-state index >= 15 is 0 Å². The molecule has 0 aromatic carbocycles. The van der Waals surface area contributed by atoms with Gasteiger partial charge in [-0.15, -0.1) is 5.10 Å². The van der Waals surface area contributed by atoms with Crippen molar-refractivity contribution in [1.82, 2.24) is 20.2 Å². The van der Waals surface area contributed by atoms with Crippen LogP contribution in [0.5, 0.6) is 0 Å². The van der Waals surface area contributed by atoms with Crippen molar-refractivity contribution in [3.05, 3.63) is 11.5 Å². The Bertz CT molecular complexity index is 262. The fraction of sp³-hybridized carbons (Fsp3) is 0.500. The molecule has 60 valence electrons. The first-order chi connectivity index (χ1) is 5.24. The Balaban J connectivity index is 2.86. The lowest BCUT2D eigenvalue weighted by molar-refractivity contribution is 0.706. The minimum Gasteiger partial charge on any atom is -0.402 e. The van der Waals surface area contributed by atoms with E-state index in [4.69, 9.17) is 5.73 Å². The predicted octanol–water partition coefficient (Wildman–Crippen LogP) is -0.0803. The molecule has 5 heteroatoms. The van der Waals surface area contributed by atoms with E-state index in [1.807, 2.05) is 6.92 Å². The van der Waals surface area contributed by atoms with Gasteiger partial charge in [0, 0.05) is 18.8 Å². The monoisotopic (exact) mass is 153 g/mol. The average Bonchev–Trinajstić information content (AvgIpc) is 2.37. The van der Waals surface area contributed by atoms with Gasteiger partial charge in [-0.25, -0.2) is 4.68 Å². The molecule has 0 bridgehead atoms. The van der Waals surface area contributed by atoms with Crippen LogP contribution in [0.4, 0.5) is 0 Å². The third-order valence-electron chi connectivity index (χ3n) is 1.38. The summed E-state index contributed by atoms with van der Waals surface area (Å²) >= 11 is 0. The Labute approximate surface area is 64.9 Å². The highest BCUT2D eigenvalue weighted by atomic mass is 15.5. The number of aromatic nitrogens is 4. The highest BCUT2D eigenvalue weighted by Gasteiger charge is 1.96. The van der Waals surface area contributed by atoms with Crippen LogP contribution in [0.1, 0.15) is 19.2 Å². The standard InChI is InChI=1S/C6H11N5/c1-3-5(7)4-6-8-9-10-11(6)2/h4H,3,7H2,1-2H3/b5-4-. The molecule has 0 amide bonds. The van der Waals surface area contributed by atoms with Crippen LogP contribution in [0.25, 0.3) is 6.08 Å². The number of nitrogens with two attached hydrogens (primary N) is 1. The minimum absolute atomic E-state index is 0.685. The third-order valence-corrected chi connectivity index (χ3v) is 1.38. The molecule has 0 fully saturated rings. The summed E-state index contributed by atoms with van der Waals surface area (Å²) < 4.78 is 1.57. The molecule has 0 saturated carbocycles. The van der Waals surface area contributed by atoms with Crippen molar-refractivity contribution in [1.29, 1.82) is 0 Å². The molecular formula is C6H11N5. The molecule has 0 aliphatic carbocycles. The second-order valence-corrected chi connectivity index (χ2v) is 2.23. The van der Waals surface area contributed by atoms with E-state index in [1.54, 1.807) is 17.8 Å². The van der Waals surface area contributed by atoms with Crippen molar-refractivity contribution in [2.75, 3.05) is 0 Å². The highest BCUT2D eigenvalue weighted by molar-refractivity contribution is 5.42. The Morgan fingerprint density at radius 3 is 2.91 bits per heavy atom. The largest absolute Gasteiger partial charge is 0.402 e. The van der Waals surface area contributed by atoms with Crippen molar-refractivity contribution >= 4 is 6.08 Å². The molecule has 1 rings (SSSR count). The summed E-state index contributed by atoms with van der Waals surface area (Å²) in [4.78, 5) is 0. The first-order valence-electron chi connectivity index (χ1n) is 3.42. The first kappa shape index (κ1) is 7.71. The smallest absolute Gasteiger partial charge is 0.176 e. The average molecular weight is 153 g/mol. The highest BCUT2D eigenvalue weighted by Crippen LogP contribution is 1.98. The van der Waals surface area contributed by atoms with Gasteiger partial charge < -0.3 is 5.73 Å². The fourth-order valence-electron chi connectivity index (χ4n) is 0.627. The molecule has 1 aromatic rings. The number of tetrazole rings is 1. The Hall–Kier alpha value is -1.39. The fourth-order valence-corrected chi connectivity index (χ4v) is 0.627. The van der Waals surface area contributed by atoms with Gasteiger partial charge in [-0.3, -0.25) is 0 Å². The van der Waals surface area contributed by atoms with Crippen LogP contribution in [-0.2, 0) is 7.05 Å². The van der Waals surface area contributed by atoms with Crippen LogP contribution in [0.2, 0.25) is 0 Å². The summed E-state index contributed by atoms with van der Waals surface area (Å²) in [6.45, 7) is 1.98. The van der Waals surface area contributed by atoms with E-state index in [1.165, 1.54) is 0 Å². The predicted molar refractivity (Wildman–Crippen MR) is 41.3 cm³/mol. The van der Waals surface area contributed by atoms with E-state index < -0.39 is 0 Å². The summed E-state index contributed by atoms with van der Waals surface area (Å²) in [6, 6.07) is 0. The van der Waals surface area contributed by atoms with Crippen molar-refractivity contribution in [3.63, 3.8) is 0 Å². The molecular weight excluding hydrogens is 142 g/mol. The zero-order valence-electron chi connectivity index (χ0n) is 6.65. The second-order valence-electron chi connectivity index (χ2n) is 2.23. The molecule has 0 spiro atoms. The van der Waals surface area contributed by atoms with E-state index in [0.29, 0.717) is 5.82 Å². The maximum Gasteiger partial charge on any atom is 0.176 e. The lowest BCUT2D eigenvalue weighted by Gasteiger charge is -1.93. The van der Waals surface area contributed by atoms with Gasteiger partial charge in [0.2, 0.25) is 0 Å². The SMILES string of the molecule is CC/C(N)=C/c1nnnn1C. The topological polar surface area (TPSA) is 69.6 Å². The van der Waals surface area contributed by atoms with Crippen LogP contribution in [0, 0.1) is 0 Å². The quantitative estimate of drug-likeness (QED) is 0.645. The molecule has 0 radical (unpaired) electrons. The van der Waals surface area contributed by atoms with E-state index in [-0.39, 0.29) is 0 Å². The number of allylic oxidation sites excluding steroid dienone is 1. The molecule has 5 nitrogen and oxygen atoms in total. The third kappa shape index (κ3) is 1.76. The van der Waals surface area contributed by atoms with E-state index in [9.17, 15) is 0 Å². The van der Waals surface area contributed by atoms with Crippen LogP contribution < -0.4 is 5.73 Å². The van der Waals surface area contributed by atoms with E-state index in [0.717, 1.165) is 12.1 Å². The Morgan fingerprint density at radius 1 is 1.73 bits per heavy atom. The zero-order valence-corrected chi connectivity index (χ0v) is 6.65. The number of nitrogens with zero attached hydrogens (tertiary/aromatic N) is 4. The van der Waals surface area contributed by atoms with Crippen molar-refractivity contribution < 1.29 is 0 Å². The maximum atomic E-state index is 5.59. The number of hydrogen-bond donors (Lipinski definition) is 1. The zero-order chi connectivity index (χ0) is 8.27. The second kappa shape index (κ2) is 3.14. The molecule has 2 N–H and O–H groups in total. The number of aryl methyl sites for hydroxylation is 1. The minimum atomic E-state index is 0.685. The van der Waals surface area contributed by atoms with Crippen molar-refractivity contribution in [2.45, 2.75) is 13.3 Å². The van der Waals surface area contributed by atoms with Crippen LogP contribution >= 0.6 is 0 Å². The van der Waals surface area contributed by atoms with Gasteiger partial charge >= 0.3 is 0 Å². The van der Waals surface area contributed by atoms with Crippen molar-refractivity contribution in [3.8, 4) is 0 Å². The van der Waals surface area contributed by atoms with Gasteiger partial charge in [-0.2, -0.15) is 0 Å². The first-order valence-corrected chi connectivity index (χ1v) is 3.42. The van der Waals surface area contributed by atoms with Gasteiger partial charge in [0.25, 0.3) is 0 Å². The Morgan fingerprint density at radius 2 is 2.45 bits per heavy atom. The van der Waals surface area contributed by atoms with Gasteiger partial charge in [-0.05, 0) is 16.8 Å². The van der Waals surface area contributed by atoms with Gasteiger partial charge in [-0.1, -0.05) is 6.92 Å². The summed E-state index contributed by atoms with van der Waals surface area (Å²) in [5.41, 5.74) is 6.37. The lowest BCUT2D eigenvalue weighted by atomic mass is 10.3. The Kier molecular flexibility index (Phi) is 2.20. The normalized spacial score (nSPS) is 12.0. The summed E-state index contributed by atoms with van der Waals surface area (Å²) in [7, 11) is 1.77. The summed E-state index contributed by atoms with van der Waals surface area (Å²) in [5.74, 6) is 0.685. The number of rotatable bonds is 2. The molecule has 0 aliphatic rings. The van der Waals surface area contributed by atoms with Crippen LogP contribution in [-0.4, -0.2) is 20.2 Å². The van der Waals surface area contributed by atoms with Crippen molar-refractivity contribution in [2.24, 2.45) is 12.8 Å². The summed E-state index contributed by atoms with van der Waals surface area (Å²) in [5, 5.41) is 10.9. The molecule has 1 heterocycles. The molecule has 11 heavy (non-hydrogen) atoms. The molecule has 0 atom stereocenters. The lowest BCUT2D eigenvalue weighted by Crippen LogP contribution is -1.99. The molecule has 0 unspecified atom stereocenters. The van der Waals surface area contributed by atoms with Crippen LogP contribution in [0.3, 0.4) is 0 Å². The molecule has 0 aliphatic heterocycles. The van der Waals surface area contributed by atoms with Gasteiger partial charge in [0.15, 0.2) is 5.82 Å². The summed E-state index contributed by atoms with van der Waals surface area (Å²) in [6.07, 6.45) is 2.58. The van der Waals surface area contributed by atoms with Gasteiger partial charge in [0.05, 0.1) is 0 Å². The maximum absolute atomic E-state index is 5.59. The molecule has 1 aromatic heterocycles. The van der Waals surface area contributed by atoms with Crippen LogP contribution in [0.15, 0.2) is 5.70 Å². The van der Waals surface area contributed by atoms with E-state index in [2.05, 4.69) is 15.5 Å².